The lowest BCUT2D eigenvalue weighted by atomic mass is 9.88. The number of fused-ring (bicyclic) bond motifs is 3. The van der Waals surface area contributed by atoms with Gasteiger partial charge in [-0.15, -0.1) is 5.10 Å². The van der Waals surface area contributed by atoms with Crippen LogP contribution < -0.4 is 0 Å². The minimum Gasteiger partial charge on any atom is -0.478 e. The number of ether oxygens (including phenoxy) is 1. The second kappa shape index (κ2) is 8.20. The van der Waals surface area contributed by atoms with Crippen molar-refractivity contribution >= 4 is 27.9 Å². The van der Waals surface area contributed by atoms with Crippen LogP contribution in [-0.4, -0.2) is 48.8 Å². The Morgan fingerprint density at radius 3 is 2.65 bits per heavy atom. The van der Waals surface area contributed by atoms with E-state index in [4.69, 9.17) is 9.72 Å². The van der Waals surface area contributed by atoms with Gasteiger partial charge in [0.15, 0.2) is 0 Å². The Morgan fingerprint density at radius 2 is 1.97 bits per heavy atom. The third kappa shape index (κ3) is 3.57. The van der Waals surface area contributed by atoms with Crippen molar-refractivity contribution in [2.45, 2.75) is 45.1 Å². The minimum absolute atomic E-state index is 0.281. The van der Waals surface area contributed by atoms with Gasteiger partial charge in [0.1, 0.15) is 0 Å². The molecule has 0 radical (unpaired) electrons. The van der Waals surface area contributed by atoms with Gasteiger partial charge in [0, 0.05) is 43.4 Å². The van der Waals surface area contributed by atoms with E-state index in [1.165, 1.54) is 12.8 Å². The van der Waals surface area contributed by atoms with Gasteiger partial charge >= 0.3 is 5.97 Å². The number of aromatic nitrogens is 5. The Balaban J connectivity index is 1.62. The van der Waals surface area contributed by atoms with E-state index in [1.54, 1.807) is 10.7 Å². The molecular weight excluding hydrogens is 430 g/mol. The highest BCUT2D eigenvalue weighted by Crippen LogP contribution is 2.45. The maximum Gasteiger partial charge on any atom is 0.335 e. The van der Waals surface area contributed by atoms with E-state index in [2.05, 4.69) is 20.9 Å². The second-order valence-electron chi connectivity index (χ2n) is 9.84. The largest absolute Gasteiger partial charge is 0.478 e. The van der Waals surface area contributed by atoms with Crippen LogP contribution in [0.3, 0.4) is 0 Å². The first-order valence-corrected chi connectivity index (χ1v) is 12.1. The standard InChI is InChI=1S/C26H29N5O3/c1-15-25(30(2)29-28-15)19-13-23-24(27-14-19)20-6-5-18(26(32)33)12-22(20)31(23)21(11-16-3-4-16)17-7-9-34-10-8-17/h5-6,12-14,16-17,21H,3-4,7-11H2,1-2H3,(H,32,33). The van der Waals surface area contributed by atoms with Crippen molar-refractivity contribution in [1.82, 2.24) is 24.5 Å². The Morgan fingerprint density at radius 1 is 1.18 bits per heavy atom. The highest BCUT2D eigenvalue weighted by Gasteiger charge is 2.34. The number of benzene rings is 1. The molecule has 0 amide bonds. The summed E-state index contributed by atoms with van der Waals surface area (Å²) in [6, 6.07) is 7.90. The zero-order valence-corrected chi connectivity index (χ0v) is 19.6. The van der Waals surface area contributed by atoms with Crippen molar-refractivity contribution in [3.63, 3.8) is 0 Å². The third-order valence-corrected chi connectivity index (χ3v) is 7.57. The first kappa shape index (κ1) is 21.3. The Bertz CT molecular complexity index is 1380. The minimum atomic E-state index is -0.909. The molecule has 2 aliphatic rings. The SMILES string of the molecule is Cc1nnn(C)c1-c1cnc2c3ccc(C(=O)O)cc3n(C(CC3CC3)C3CCOCC3)c2c1. The fourth-order valence-corrected chi connectivity index (χ4v) is 5.69. The molecule has 0 bridgehead atoms. The molecule has 2 fully saturated rings. The number of aromatic carboxylic acids is 1. The third-order valence-electron chi connectivity index (χ3n) is 7.57. The number of carboxylic acid groups (broad SMARTS) is 1. The molecule has 3 aromatic heterocycles. The van der Waals surface area contributed by atoms with E-state index in [9.17, 15) is 9.90 Å². The number of hydrogen-bond donors (Lipinski definition) is 1. The van der Waals surface area contributed by atoms with Gasteiger partial charge in [-0.05, 0) is 62.3 Å². The number of carbonyl (C=O) groups is 1. The van der Waals surface area contributed by atoms with Crippen molar-refractivity contribution in [2.24, 2.45) is 18.9 Å². The summed E-state index contributed by atoms with van der Waals surface area (Å²) in [6.07, 6.45) is 7.59. The highest BCUT2D eigenvalue weighted by atomic mass is 16.5. The number of rotatable bonds is 6. The van der Waals surface area contributed by atoms with Crippen molar-refractivity contribution in [2.75, 3.05) is 13.2 Å². The summed E-state index contributed by atoms with van der Waals surface area (Å²) >= 11 is 0. The summed E-state index contributed by atoms with van der Waals surface area (Å²) in [7, 11) is 1.89. The normalized spacial score (nSPS) is 18.1. The molecular formula is C26H29N5O3. The van der Waals surface area contributed by atoms with Crippen LogP contribution in [0.25, 0.3) is 33.2 Å². The first-order chi connectivity index (χ1) is 16.5. The van der Waals surface area contributed by atoms with E-state index in [0.717, 1.165) is 77.3 Å². The van der Waals surface area contributed by atoms with Gasteiger partial charge < -0.3 is 14.4 Å². The molecule has 1 aliphatic heterocycles. The van der Waals surface area contributed by atoms with Crippen LogP contribution in [0.1, 0.15) is 54.2 Å². The molecule has 176 valence electrons. The predicted molar refractivity (Wildman–Crippen MR) is 129 cm³/mol. The van der Waals surface area contributed by atoms with Crippen LogP contribution in [0.5, 0.6) is 0 Å². The molecule has 4 heterocycles. The fourth-order valence-electron chi connectivity index (χ4n) is 5.69. The lowest BCUT2D eigenvalue weighted by Gasteiger charge is -2.33. The molecule has 4 aromatic rings. The maximum absolute atomic E-state index is 11.9. The van der Waals surface area contributed by atoms with Gasteiger partial charge in [0.2, 0.25) is 0 Å². The lowest BCUT2D eigenvalue weighted by Crippen LogP contribution is -2.26. The number of nitrogens with zero attached hydrogens (tertiary/aromatic N) is 5. The van der Waals surface area contributed by atoms with Crippen LogP contribution in [0, 0.1) is 18.8 Å². The average Bonchev–Trinajstić information content (AvgIpc) is 3.53. The number of hydrogen-bond acceptors (Lipinski definition) is 5. The van der Waals surface area contributed by atoms with Gasteiger partial charge in [-0.2, -0.15) is 0 Å². The van der Waals surface area contributed by atoms with Crippen molar-refractivity contribution in [3.05, 3.63) is 41.7 Å². The Hall–Kier alpha value is -3.26. The molecule has 1 unspecified atom stereocenters. The fraction of sp³-hybridized carbons (Fsp3) is 0.462. The molecule has 1 saturated heterocycles. The molecule has 34 heavy (non-hydrogen) atoms. The zero-order valence-electron chi connectivity index (χ0n) is 19.6. The lowest BCUT2D eigenvalue weighted by molar-refractivity contribution is 0.0475. The molecule has 6 rings (SSSR count). The zero-order chi connectivity index (χ0) is 23.4. The van der Waals surface area contributed by atoms with Crippen LogP contribution in [0.4, 0.5) is 0 Å². The summed E-state index contributed by atoms with van der Waals surface area (Å²) < 4.78 is 9.88. The van der Waals surface area contributed by atoms with Crippen molar-refractivity contribution in [3.8, 4) is 11.3 Å². The summed E-state index contributed by atoms with van der Waals surface area (Å²) in [5, 5.41) is 19.1. The number of aryl methyl sites for hydroxylation is 2. The van der Waals surface area contributed by atoms with Crippen molar-refractivity contribution in [1.29, 1.82) is 0 Å². The topological polar surface area (TPSA) is 95.1 Å². The van der Waals surface area contributed by atoms with Crippen molar-refractivity contribution < 1.29 is 14.6 Å². The van der Waals surface area contributed by atoms with E-state index in [-0.39, 0.29) is 6.04 Å². The van der Waals surface area contributed by atoms with Crippen LogP contribution in [-0.2, 0) is 11.8 Å². The Labute approximate surface area is 197 Å². The second-order valence-corrected chi connectivity index (χ2v) is 9.84. The quantitative estimate of drug-likeness (QED) is 0.447. The molecule has 1 N–H and O–H groups in total. The molecule has 0 spiro atoms. The van der Waals surface area contributed by atoms with Crippen LogP contribution >= 0.6 is 0 Å². The molecule has 1 atom stereocenters. The van der Waals surface area contributed by atoms with Gasteiger partial charge in [-0.25, -0.2) is 9.48 Å². The van der Waals surface area contributed by atoms with Crippen LogP contribution in [0.2, 0.25) is 0 Å². The first-order valence-electron chi connectivity index (χ1n) is 12.1. The molecule has 1 saturated carbocycles. The monoisotopic (exact) mass is 459 g/mol. The summed E-state index contributed by atoms with van der Waals surface area (Å²) in [4.78, 5) is 16.8. The van der Waals surface area contributed by atoms with Gasteiger partial charge in [-0.1, -0.05) is 18.1 Å². The Kier molecular flexibility index (Phi) is 5.13. The highest BCUT2D eigenvalue weighted by molar-refractivity contribution is 6.08. The number of carboxylic acids is 1. The van der Waals surface area contributed by atoms with E-state index in [1.807, 2.05) is 32.3 Å². The average molecular weight is 460 g/mol. The van der Waals surface area contributed by atoms with Crippen LogP contribution in [0.15, 0.2) is 30.5 Å². The van der Waals surface area contributed by atoms with E-state index in [0.29, 0.717) is 11.5 Å². The summed E-state index contributed by atoms with van der Waals surface area (Å²) in [6.45, 7) is 3.53. The molecule has 8 heteroatoms. The smallest absolute Gasteiger partial charge is 0.335 e. The molecule has 1 aromatic carbocycles. The van der Waals surface area contributed by atoms with Gasteiger partial charge in [-0.3, -0.25) is 4.98 Å². The predicted octanol–water partition coefficient (Wildman–Crippen LogP) is 4.76. The van der Waals surface area contributed by atoms with E-state index < -0.39 is 5.97 Å². The summed E-state index contributed by atoms with van der Waals surface area (Å²) in [5.74, 6) is 0.321. The molecule has 1 aliphatic carbocycles. The molecule has 8 nitrogen and oxygen atoms in total. The summed E-state index contributed by atoms with van der Waals surface area (Å²) in [5.41, 5.74) is 6.00. The number of pyridine rings is 1. The maximum atomic E-state index is 11.9. The van der Waals surface area contributed by atoms with E-state index >= 15 is 0 Å². The van der Waals surface area contributed by atoms with Gasteiger partial charge in [0.25, 0.3) is 0 Å². The van der Waals surface area contributed by atoms with Gasteiger partial charge in [0.05, 0.1) is 33.5 Å².